The van der Waals surface area contributed by atoms with Crippen LogP contribution in [0.2, 0.25) is 0 Å². The van der Waals surface area contributed by atoms with Crippen molar-refractivity contribution in [3.63, 3.8) is 0 Å². The van der Waals surface area contributed by atoms with Crippen LogP contribution in [-0.2, 0) is 0 Å². The average Bonchev–Trinajstić information content (AvgIpc) is 0.875. The highest BCUT2D eigenvalue weighted by atomic mass is 19.4. The topological polar surface area (TPSA) is 0 Å². The van der Waals surface area contributed by atoms with Crippen molar-refractivity contribution in [3.05, 3.63) is 0 Å². The van der Waals surface area contributed by atoms with E-state index in [1.807, 2.05) is 34.6 Å². The summed E-state index contributed by atoms with van der Waals surface area (Å²) in [5.41, 5.74) is -1.56. The van der Waals surface area contributed by atoms with Gasteiger partial charge in [-0.25, -0.2) is 30.7 Å². The summed E-state index contributed by atoms with van der Waals surface area (Å²) in [5, 5.41) is 0. The minimum atomic E-state index is -4.06. The average molecular weight is 1460 g/mol. The largest absolute Gasteiger partial charge is 0.393 e. The zero-order valence-electron chi connectivity index (χ0n) is 79.7. The zero-order valence-corrected chi connectivity index (χ0v) is 74.7. The molecular weight excluding hydrogens is 1260 g/mol. The van der Waals surface area contributed by atoms with Gasteiger partial charge < -0.3 is 0 Å². The number of hydrogen-bond donors (Lipinski definition) is 0. The van der Waals surface area contributed by atoms with Crippen molar-refractivity contribution in [1.29, 1.82) is 0 Å². The van der Waals surface area contributed by atoms with Crippen LogP contribution in [0.3, 0.4) is 0 Å². The second-order valence-corrected chi connectivity index (χ2v) is 28.5. The predicted molar refractivity (Wildman–Crippen MR) is 429 cm³/mol. The first-order chi connectivity index (χ1) is 45.1. The van der Waals surface area contributed by atoms with Gasteiger partial charge in [-0.15, -0.1) is 0 Å². The second kappa shape index (κ2) is 119. The highest BCUT2D eigenvalue weighted by Gasteiger charge is 2.43. The van der Waals surface area contributed by atoms with Crippen molar-refractivity contribution in [2.75, 3.05) is 0 Å². The van der Waals surface area contributed by atoms with Crippen LogP contribution in [0.15, 0.2) is 0 Å². The quantitative estimate of drug-likeness (QED) is 0.120. The molecule has 97 heavy (non-hydrogen) atoms. The number of halogens is 13. The third kappa shape index (κ3) is 444. The zero-order chi connectivity index (χ0) is 87.8. The van der Waals surface area contributed by atoms with Gasteiger partial charge >= 0.3 is 12.4 Å². The molecule has 0 aliphatic heterocycles. The van der Waals surface area contributed by atoms with Crippen LogP contribution in [0.25, 0.3) is 0 Å². The van der Waals surface area contributed by atoms with Crippen molar-refractivity contribution in [2.24, 2.45) is 46.8 Å². The van der Waals surface area contributed by atoms with Crippen molar-refractivity contribution in [3.8, 4) is 0 Å². The minimum absolute atomic E-state index is 0.00694. The molecule has 1 unspecified atom stereocenters. The molecule has 0 aromatic rings. The maximum Gasteiger partial charge on any atom is 0.393 e. The first kappa shape index (κ1) is 129. The Morgan fingerprint density at radius 1 is 0.330 bits per heavy atom. The van der Waals surface area contributed by atoms with Crippen molar-refractivity contribution in [2.45, 2.75) is 508 Å². The monoisotopic (exact) mass is 1450 g/mol. The smallest absolute Gasteiger partial charge is 0.248 e. The van der Waals surface area contributed by atoms with E-state index in [0.717, 1.165) is 84.5 Å². The van der Waals surface area contributed by atoms with E-state index < -0.39 is 60.4 Å². The fraction of sp³-hybridized carbons (Fsp3) is 1.00. The summed E-state index contributed by atoms with van der Waals surface area (Å²) >= 11 is 0. The lowest BCUT2D eigenvalue weighted by atomic mass is 9.96. The van der Waals surface area contributed by atoms with Crippen LogP contribution in [-0.4, -0.2) is 36.3 Å². The van der Waals surface area contributed by atoms with Gasteiger partial charge in [-0.3, -0.25) is 0 Å². The Bertz CT molecular complexity index is 1170. The number of unbranched alkanes of at least 4 members (excludes halogenated alkanes) is 7. The van der Waals surface area contributed by atoms with Gasteiger partial charge in [-0.1, -0.05) is 419 Å². The molecule has 0 radical (unpaired) electrons. The Kier molecular flexibility index (Phi) is 158. The van der Waals surface area contributed by atoms with Crippen molar-refractivity contribution >= 4 is 0 Å². The number of alkyl halides is 13. The Morgan fingerprint density at radius 3 is 0.485 bits per heavy atom. The normalized spacial score (nSPS) is 11.5. The van der Waals surface area contributed by atoms with Gasteiger partial charge in [0, 0.05) is 38.5 Å². The van der Waals surface area contributed by atoms with Gasteiger partial charge in [0.2, 0.25) is 17.8 Å². The van der Waals surface area contributed by atoms with Gasteiger partial charge in [-0.05, 0) is 62.7 Å². The molecule has 0 aromatic carbocycles. The van der Waals surface area contributed by atoms with Crippen molar-refractivity contribution in [1.82, 2.24) is 0 Å². The summed E-state index contributed by atoms with van der Waals surface area (Å²) in [6, 6.07) is 0. The molecule has 0 heterocycles. The summed E-state index contributed by atoms with van der Waals surface area (Å²) in [5.74, 6) is -4.50. The van der Waals surface area contributed by atoms with Gasteiger partial charge in [0.15, 0.2) is 0 Å². The Balaban J connectivity index is -0.0000000421. The standard InChI is InChI=1S/C5H9F3.3C5H10F2.C5H11F.5C5H12.C4H7F3.6C4H10.2C3H8/c1-4(2,3)5(6,7)8;2*1-3-4-5(2,6)7;1-3-5(6,7)4-2;1-3-4-5(2)6;2*1-4-5(2)3;3*1-3-5-4-2;1-3(2)4(5,6)7;4*1-4(2)3;2*1-3-4-2;2*1-3-2/h1-3H3;3*3-4H2,1-2H3;5H,3-4H2,1-2H3;2*5H,4H2,1-3H3;3*3-5H2,1-2H3;3H,1-2H3;4*4H,1-3H3;2*3-4H2,1-2H3;2*3H2,1-2H3/i;;;;;;;;;;;4D;;;;3D2;;3D2;. The highest BCUT2D eigenvalue weighted by molar-refractivity contribution is 4.70. The van der Waals surface area contributed by atoms with E-state index in [4.69, 9.17) is 6.85 Å². The first-order valence-corrected chi connectivity index (χ1v) is 38.5. The third-order valence-electron chi connectivity index (χ3n) is 9.21. The fourth-order valence-corrected chi connectivity index (χ4v) is 2.59. The summed E-state index contributed by atoms with van der Waals surface area (Å²) in [4.78, 5) is 0. The van der Waals surface area contributed by atoms with E-state index in [1.165, 1.54) is 118 Å². The van der Waals surface area contributed by atoms with Crippen LogP contribution in [0, 0.1) is 46.8 Å². The van der Waals surface area contributed by atoms with E-state index in [-0.39, 0.29) is 31.6 Å². The lowest BCUT2D eigenvalue weighted by Crippen LogP contribution is -2.28. The molecule has 0 bridgehead atoms. The van der Waals surface area contributed by atoms with E-state index in [1.54, 1.807) is 27.7 Å². The molecule has 0 nitrogen and oxygen atoms in total. The molecule has 0 amide bonds. The van der Waals surface area contributed by atoms with Crippen LogP contribution in [0.5, 0.6) is 0 Å². The first-order valence-electron chi connectivity index (χ1n) is 41.0. The second-order valence-electron chi connectivity index (χ2n) is 28.5. The highest BCUT2D eigenvalue weighted by Crippen LogP contribution is 2.36. The SMILES string of the molecule is CC(C)(C)C(F)(F)F.CC(C)C.CC(C)C.CC(C)C.CC(C)C(F)(F)F.CCC.CCC(C)C.CCC(C)C.CCC(F)(F)CC.CCCC.CCCC(C)(F)F.CCCC(C)(F)F.CCCC(C)F.CCCCC.CCCCC.CCCCC.[2H]C(C)(C)C.[2H]C([2H])(C)C.[2H]C([2H])(C)CC. The molecular formula is C84H193F13. The van der Waals surface area contributed by atoms with Gasteiger partial charge in [0.05, 0.1) is 11.6 Å². The van der Waals surface area contributed by atoms with Crippen molar-refractivity contribution < 1.29 is 63.9 Å². The molecule has 0 rings (SSSR count). The van der Waals surface area contributed by atoms with Gasteiger partial charge in [0.25, 0.3) is 0 Å². The molecule has 0 aliphatic rings. The molecule has 0 spiro atoms. The Labute approximate surface area is 616 Å². The molecule has 620 valence electrons. The maximum absolute atomic E-state index is 11.9. The summed E-state index contributed by atoms with van der Waals surface area (Å²) < 4.78 is 184. The fourth-order valence-electron chi connectivity index (χ4n) is 2.59. The number of rotatable bonds is 18. The lowest BCUT2D eigenvalue weighted by molar-refractivity contribution is -0.204. The molecule has 0 fully saturated rings. The molecule has 0 aromatic heterocycles. The molecule has 13 heteroatoms. The molecule has 0 saturated carbocycles. The lowest BCUT2D eigenvalue weighted by Gasteiger charge is -2.21. The number of hydrogen-bond acceptors (Lipinski definition) is 0. The molecule has 0 N–H and O–H groups in total. The predicted octanol–water partition coefficient (Wildman–Crippen LogP) is 38.1. The molecule has 0 saturated heterocycles. The van der Waals surface area contributed by atoms with E-state index in [9.17, 15) is 57.1 Å². The summed E-state index contributed by atoms with van der Waals surface area (Å²) in [7, 11) is 0. The van der Waals surface area contributed by atoms with Crippen LogP contribution in [0.4, 0.5) is 57.1 Å². The third-order valence-corrected chi connectivity index (χ3v) is 9.21. The van der Waals surface area contributed by atoms with Crippen LogP contribution < -0.4 is 0 Å². The molecule has 0 aliphatic carbocycles. The summed E-state index contributed by atoms with van der Waals surface area (Å²) in [6.45, 7) is 84.3. The van der Waals surface area contributed by atoms with E-state index >= 15 is 0 Å². The van der Waals surface area contributed by atoms with Crippen LogP contribution in [0.1, 0.15) is 479 Å². The van der Waals surface area contributed by atoms with Crippen LogP contribution >= 0.6 is 0 Å². The van der Waals surface area contributed by atoms with Gasteiger partial charge in [0.1, 0.15) is 0 Å². The summed E-state index contributed by atoms with van der Waals surface area (Å²) in [6.07, 6.45) is 11.4. The van der Waals surface area contributed by atoms with E-state index in [2.05, 4.69) is 173 Å². The Morgan fingerprint density at radius 2 is 0.485 bits per heavy atom. The minimum Gasteiger partial charge on any atom is -0.248 e. The maximum atomic E-state index is 11.9. The van der Waals surface area contributed by atoms with Gasteiger partial charge in [-0.2, -0.15) is 26.3 Å². The Hall–Kier alpha value is -0.910. The molecule has 1 atom stereocenters. The van der Waals surface area contributed by atoms with E-state index in [0.29, 0.717) is 25.7 Å².